The number of nitrogens with zero attached hydrogens (tertiary/aromatic N) is 2. The minimum Gasteiger partial charge on any atom is -0.454 e. The van der Waals surface area contributed by atoms with Crippen LogP contribution in [0.25, 0.3) is 0 Å². The molecule has 2 amide bonds. The Hall–Kier alpha value is -2.32. The van der Waals surface area contributed by atoms with Crippen molar-refractivity contribution in [3.05, 3.63) is 18.2 Å². The van der Waals surface area contributed by atoms with Crippen LogP contribution in [0.3, 0.4) is 0 Å². The molecule has 0 aliphatic carbocycles. The first-order valence-electron chi connectivity index (χ1n) is 9.30. The molecule has 0 aromatic heterocycles. The zero-order valence-corrected chi connectivity index (χ0v) is 15.4. The van der Waals surface area contributed by atoms with Gasteiger partial charge in [-0.05, 0) is 12.1 Å². The van der Waals surface area contributed by atoms with Gasteiger partial charge >= 0.3 is 0 Å². The molecule has 8 nitrogen and oxygen atoms in total. The number of benzene rings is 1. The summed E-state index contributed by atoms with van der Waals surface area (Å²) in [7, 11) is 0. The first kappa shape index (κ1) is 18.1. The average Bonchev–Trinajstić information content (AvgIpc) is 3.31. The summed E-state index contributed by atoms with van der Waals surface area (Å²) in [6.45, 7) is 4.47. The minimum atomic E-state index is -0.491. The summed E-state index contributed by atoms with van der Waals surface area (Å²) >= 11 is 0. The normalized spacial score (nSPS) is 20.1. The van der Waals surface area contributed by atoms with Crippen LogP contribution in [0.4, 0.5) is 5.69 Å². The van der Waals surface area contributed by atoms with Gasteiger partial charge in [0.15, 0.2) is 17.3 Å². The molecule has 27 heavy (non-hydrogen) atoms. The van der Waals surface area contributed by atoms with Gasteiger partial charge in [0.2, 0.25) is 18.6 Å². The molecule has 1 spiro atoms. The maximum absolute atomic E-state index is 12.6. The molecule has 1 aromatic carbocycles. The van der Waals surface area contributed by atoms with Crippen LogP contribution < -0.4 is 14.4 Å². The molecular weight excluding hydrogens is 352 g/mol. The molecule has 8 heteroatoms. The highest BCUT2D eigenvalue weighted by molar-refractivity contribution is 5.92. The van der Waals surface area contributed by atoms with Crippen LogP contribution in [0.2, 0.25) is 0 Å². The van der Waals surface area contributed by atoms with E-state index in [4.69, 9.17) is 18.9 Å². The number of anilines is 1. The molecule has 3 heterocycles. The predicted molar refractivity (Wildman–Crippen MR) is 95.7 cm³/mol. The Morgan fingerprint density at radius 3 is 2.52 bits per heavy atom. The standard InChI is InChI=1S/C19H24N2O6/c1-14(22)21(15-2-3-16-17(12-15)25-13-24-16)7-4-18(23)20-8-5-19(6-9-20)26-10-11-27-19/h2-3,12H,4-11,13H2,1H3. The van der Waals surface area contributed by atoms with Crippen LogP contribution in [-0.4, -0.2) is 62.1 Å². The van der Waals surface area contributed by atoms with E-state index in [2.05, 4.69) is 0 Å². The van der Waals surface area contributed by atoms with Gasteiger partial charge in [-0.3, -0.25) is 9.59 Å². The van der Waals surface area contributed by atoms with E-state index in [1.165, 1.54) is 6.92 Å². The lowest BCUT2D eigenvalue weighted by Crippen LogP contribution is -2.48. The summed E-state index contributed by atoms with van der Waals surface area (Å²) in [5, 5.41) is 0. The van der Waals surface area contributed by atoms with Crippen LogP contribution in [0.5, 0.6) is 11.5 Å². The highest BCUT2D eigenvalue weighted by atomic mass is 16.7. The second kappa shape index (κ2) is 7.36. The molecule has 146 valence electrons. The van der Waals surface area contributed by atoms with Crippen LogP contribution in [0.1, 0.15) is 26.2 Å². The van der Waals surface area contributed by atoms with Crippen molar-refractivity contribution < 1.29 is 28.5 Å². The Balaban J connectivity index is 1.34. The topological polar surface area (TPSA) is 77.5 Å². The highest BCUT2D eigenvalue weighted by Crippen LogP contribution is 2.36. The van der Waals surface area contributed by atoms with Crippen LogP contribution >= 0.6 is 0 Å². The van der Waals surface area contributed by atoms with Gasteiger partial charge in [-0.2, -0.15) is 0 Å². The van der Waals surface area contributed by atoms with Crippen molar-refractivity contribution in [1.29, 1.82) is 0 Å². The zero-order chi connectivity index (χ0) is 18.9. The third kappa shape index (κ3) is 3.72. The van der Waals surface area contributed by atoms with Gasteiger partial charge in [-0.25, -0.2) is 0 Å². The monoisotopic (exact) mass is 376 g/mol. The van der Waals surface area contributed by atoms with Crippen molar-refractivity contribution in [2.24, 2.45) is 0 Å². The van der Waals surface area contributed by atoms with E-state index in [0.29, 0.717) is 62.9 Å². The molecule has 0 N–H and O–H groups in total. The third-order valence-corrected chi connectivity index (χ3v) is 5.29. The van der Waals surface area contributed by atoms with Gasteiger partial charge in [0.05, 0.1) is 13.2 Å². The quantitative estimate of drug-likeness (QED) is 0.793. The number of likely N-dealkylation sites (tertiary alicyclic amines) is 1. The van der Waals surface area contributed by atoms with Gasteiger partial charge < -0.3 is 28.7 Å². The van der Waals surface area contributed by atoms with E-state index in [9.17, 15) is 9.59 Å². The summed E-state index contributed by atoms with van der Waals surface area (Å²) in [4.78, 5) is 28.1. The SMILES string of the molecule is CC(=O)N(CCC(=O)N1CCC2(CC1)OCCO2)c1ccc2c(c1)OCO2. The summed E-state index contributed by atoms with van der Waals surface area (Å²) in [6.07, 6.45) is 1.65. The highest BCUT2D eigenvalue weighted by Gasteiger charge is 2.40. The number of carbonyl (C=O) groups excluding carboxylic acids is 2. The number of carbonyl (C=O) groups is 2. The second-order valence-electron chi connectivity index (χ2n) is 6.95. The Kier molecular flexibility index (Phi) is 4.92. The number of piperidine rings is 1. The smallest absolute Gasteiger partial charge is 0.231 e. The van der Waals surface area contributed by atoms with Crippen molar-refractivity contribution in [3.8, 4) is 11.5 Å². The van der Waals surface area contributed by atoms with Crippen LogP contribution in [-0.2, 0) is 19.1 Å². The van der Waals surface area contributed by atoms with Crippen molar-refractivity contribution >= 4 is 17.5 Å². The van der Waals surface area contributed by atoms with Gasteiger partial charge in [0.25, 0.3) is 0 Å². The molecule has 3 aliphatic heterocycles. The summed E-state index contributed by atoms with van der Waals surface area (Å²) in [5.74, 6) is 0.705. The fraction of sp³-hybridized carbons (Fsp3) is 0.579. The Labute approximate surface area is 157 Å². The lowest BCUT2D eigenvalue weighted by molar-refractivity contribution is -0.187. The molecular formula is C19H24N2O6. The van der Waals surface area contributed by atoms with E-state index >= 15 is 0 Å². The van der Waals surface area contributed by atoms with Crippen molar-refractivity contribution in [2.75, 3.05) is 44.5 Å². The Morgan fingerprint density at radius 2 is 1.81 bits per heavy atom. The largest absolute Gasteiger partial charge is 0.454 e. The molecule has 2 saturated heterocycles. The molecule has 2 fully saturated rings. The van der Waals surface area contributed by atoms with E-state index in [1.54, 1.807) is 23.1 Å². The number of hydrogen-bond donors (Lipinski definition) is 0. The molecule has 3 aliphatic rings. The van der Waals surface area contributed by atoms with Crippen molar-refractivity contribution in [2.45, 2.75) is 32.0 Å². The fourth-order valence-corrected chi connectivity index (χ4v) is 3.77. The van der Waals surface area contributed by atoms with E-state index < -0.39 is 5.79 Å². The fourth-order valence-electron chi connectivity index (χ4n) is 3.77. The molecule has 0 radical (unpaired) electrons. The first-order valence-corrected chi connectivity index (χ1v) is 9.30. The van der Waals surface area contributed by atoms with Crippen molar-refractivity contribution in [1.82, 2.24) is 4.90 Å². The molecule has 1 aromatic rings. The maximum atomic E-state index is 12.6. The van der Waals surface area contributed by atoms with E-state index in [1.807, 2.05) is 4.90 Å². The molecule has 0 unspecified atom stereocenters. The van der Waals surface area contributed by atoms with Gasteiger partial charge in [0, 0.05) is 57.6 Å². The lowest BCUT2D eigenvalue weighted by Gasteiger charge is -2.37. The van der Waals surface area contributed by atoms with Gasteiger partial charge in [-0.1, -0.05) is 0 Å². The predicted octanol–water partition coefficient (Wildman–Crippen LogP) is 1.52. The molecule has 0 bridgehead atoms. The number of ether oxygens (including phenoxy) is 4. The Bertz CT molecular complexity index is 721. The average molecular weight is 376 g/mol. The summed E-state index contributed by atoms with van der Waals surface area (Å²) in [6, 6.07) is 5.35. The summed E-state index contributed by atoms with van der Waals surface area (Å²) < 4.78 is 22.1. The number of fused-ring (bicyclic) bond motifs is 1. The molecule has 0 atom stereocenters. The van der Waals surface area contributed by atoms with E-state index in [0.717, 1.165) is 0 Å². The number of hydrogen-bond acceptors (Lipinski definition) is 6. The zero-order valence-electron chi connectivity index (χ0n) is 15.4. The van der Waals surface area contributed by atoms with Gasteiger partial charge in [0.1, 0.15) is 0 Å². The minimum absolute atomic E-state index is 0.0369. The molecule has 0 saturated carbocycles. The maximum Gasteiger partial charge on any atom is 0.231 e. The van der Waals surface area contributed by atoms with Crippen molar-refractivity contribution in [3.63, 3.8) is 0 Å². The molecule has 4 rings (SSSR count). The third-order valence-electron chi connectivity index (χ3n) is 5.29. The van der Waals surface area contributed by atoms with E-state index in [-0.39, 0.29) is 25.0 Å². The second-order valence-corrected chi connectivity index (χ2v) is 6.95. The first-order chi connectivity index (χ1) is 13.1. The lowest BCUT2D eigenvalue weighted by atomic mass is 10.0. The van der Waals surface area contributed by atoms with Crippen LogP contribution in [0.15, 0.2) is 18.2 Å². The van der Waals surface area contributed by atoms with Crippen LogP contribution in [0, 0.1) is 0 Å². The Morgan fingerprint density at radius 1 is 1.11 bits per heavy atom. The number of rotatable bonds is 4. The number of amides is 2. The van der Waals surface area contributed by atoms with Gasteiger partial charge in [-0.15, -0.1) is 0 Å². The summed E-state index contributed by atoms with van der Waals surface area (Å²) in [5.41, 5.74) is 0.699.